The van der Waals surface area contributed by atoms with Gasteiger partial charge in [0.25, 0.3) is 0 Å². The fraction of sp³-hybridized carbons (Fsp3) is 0.238. The van der Waals surface area contributed by atoms with Gasteiger partial charge in [-0.3, -0.25) is 0 Å². The molecule has 12 heterocycles. The number of furan rings is 4. The van der Waals surface area contributed by atoms with Crippen molar-refractivity contribution >= 4 is 131 Å². The molecule has 1 aliphatic carbocycles. The van der Waals surface area contributed by atoms with Crippen molar-refractivity contribution in [2.45, 2.75) is 128 Å². The molecule has 1 fully saturated rings. The van der Waals surface area contributed by atoms with Gasteiger partial charge < -0.3 is 17.7 Å². The highest BCUT2D eigenvalue weighted by Gasteiger charge is 2.30. The first-order chi connectivity index (χ1) is 62.9. The molecule has 8 aromatic carbocycles. The molecule has 0 unspecified atom stereocenters. The van der Waals surface area contributed by atoms with Crippen LogP contribution in [0.25, 0.3) is 176 Å². The van der Waals surface area contributed by atoms with Crippen LogP contribution in [0.2, 0.25) is 0 Å². The van der Waals surface area contributed by atoms with Gasteiger partial charge in [-0.05, 0) is 178 Å². The van der Waals surface area contributed by atoms with Crippen LogP contribution < -0.4 is 18.3 Å². The zero-order valence-corrected chi connectivity index (χ0v) is 67.9. The topological polar surface area (TPSA) is 120 Å². The lowest BCUT2D eigenvalue weighted by molar-refractivity contribution is -0.660. The Balaban J connectivity index is 0.000000119. The second-order valence-corrected chi connectivity index (χ2v) is 31.8. The predicted molar refractivity (Wildman–Crippen MR) is 479 cm³/mol. The molecule has 12 heteroatoms. The van der Waals surface area contributed by atoms with Crippen LogP contribution in [0.4, 0.5) is 0 Å². The van der Waals surface area contributed by atoms with Crippen molar-refractivity contribution in [3.05, 3.63) is 286 Å². The minimum Gasteiger partial charge on any atom is -0.437 e. The van der Waals surface area contributed by atoms with E-state index in [1.165, 1.54) is 0 Å². The number of nitrogens with zero attached hydrogens (tertiary/aromatic N) is 8. The van der Waals surface area contributed by atoms with Crippen molar-refractivity contribution in [2.24, 2.45) is 40.0 Å². The fourth-order valence-electron chi connectivity index (χ4n) is 17.5. The van der Waals surface area contributed by atoms with E-state index >= 15 is 0 Å². The Labute approximate surface area is 704 Å². The van der Waals surface area contributed by atoms with E-state index in [-0.39, 0.29) is 34.1 Å². The molecular formula is C105H100N8O4+4. The largest absolute Gasteiger partial charge is 0.437 e. The molecule has 580 valence electrons. The normalized spacial score (nSPS) is 15.3. The molecule has 1 saturated carbocycles. The van der Waals surface area contributed by atoms with E-state index < -0.39 is 40.2 Å². The number of fused-ring (bicyclic) bond motifs is 20. The molecule has 21 rings (SSSR count). The molecule has 0 amide bonds. The summed E-state index contributed by atoms with van der Waals surface area (Å²) < 4.78 is 164. The lowest BCUT2D eigenvalue weighted by atomic mass is 9.95. The van der Waals surface area contributed by atoms with E-state index in [2.05, 4.69) is 86.9 Å². The third kappa shape index (κ3) is 13.4. The third-order valence-corrected chi connectivity index (χ3v) is 23.4. The summed E-state index contributed by atoms with van der Waals surface area (Å²) in [6, 6.07) is 55.2. The minimum absolute atomic E-state index is 0.0803. The average molecular weight is 1550 g/mol. The van der Waals surface area contributed by atoms with Gasteiger partial charge in [0.05, 0.1) is 43.8 Å². The van der Waals surface area contributed by atoms with Crippen LogP contribution in [-0.2, 0) is 40.9 Å². The molecule has 0 spiro atoms. The predicted octanol–water partition coefficient (Wildman–Crippen LogP) is 24.8. The Bertz CT molecular complexity index is 8170. The molecular weight excluding hydrogens is 1440 g/mol. The van der Waals surface area contributed by atoms with Crippen molar-refractivity contribution in [3.63, 3.8) is 0 Å². The standard InChI is InChI=1S/C28H27N2O.2C26H25N2O.C25H23N2O/c1-18-11-12-23-26-22-10-6-5-9-21(22)17-29-28(26)31-27(23)25(18)24-16-20(13-14-30(24)2)15-19-7-3-4-8-19;1-14-12-21(28(6)13-17(14)4)22-15(2)11-16(3)23-24-20-10-8-7-9-19(20)18(5)27-26(24)29-25(22)23;1-16(2)13-18-11-12-28(4)22(14-18)23-17(3)9-10-21-24-20-8-6-5-7-19(20)15-27-26(24)29-25(21)23;1-14-11-20(27(5)13-17(14)4)21-15(2)10-16(3)22-23-19-9-7-6-8-18(19)12-26-25(23)28-24(21)22/h5-6,9-14,16-17,19H,3-4,7-8,15H2,1-2H3;7-13H,1-6H3;5-12,14-16H,13H2,1-4H3;6-13H,1-5H3/q4*+1/i15D2;3D3,4D3;13D2;3D3,4D3. The van der Waals surface area contributed by atoms with Crippen molar-refractivity contribution in [1.82, 2.24) is 19.9 Å². The first-order valence-electron chi connectivity index (χ1n) is 47.8. The molecule has 0 radical (unpaired) electrons. The summed E-state index contributed by atoms with van der Waals surface area (Å²) in [4.78, 5) is 18.4. The van der Waals surface area contributed by atoms with Crippen LogP contribution >= 0.6 is 0 Å². The fourth-order valence-corrected chi connectivity index (χ4v) is 17.5. The number of pyridine rings is 8. The Morgan fingerprint density at radius 1 is 0.368 bits per heavy atom. The lowest BCUT2D eigenvalue weighted by Crippen LogP contribution is -2.31. The summed E-state index contributed by atoms with van der Waals surface area (Å²) in [5.41, 5.74) is 19.3. The molecule has 0 bridgehead atoms. The highest BCUT2D eigenvalue weighted by Crippen LogP contribution is 2.46. The highest BCUT2D eigenvalue weighted by atomic mass is 16.4. The van der Waals surface area contributed by atoms with Gasteiger partial charge >= 0.3 is 0 Å². The average Bonchev–Trinajstić information content (AvgIpc) is 1.72. The van der Waals surface area contributed by atoms with Crippen molar-refractivity contribution in [3.8, 4) is 45.0 Å². The summed E-state index contributed by atoms with van der Waals surface area (Å²) in [5.74, 6) is -0.0524. The minimum atomic E-state index is -2.37. The van der Waals surface area contributed by atoms with Crippen molar-refractivity contribution in [1.29, 1.82) is 0 Å². The zero-order chi connectivity index (χ0) is 94.7. The number of hydrogen-bond donors (Lipinski definition) is 0. The Morgan fingerprint density at radius 2 is 0.761 bits per heavy atom. The third-order valence-electron chi connectivity index (χ3n) is 23.4. The van der Waals surface area contributed by atoms with Gasteiger partial charge in [-0.2, -0.15) is 0 Å². The molecule has 12 aromatic heterocycles. The van der Waals surface area contributed by atoms with E-state index in [0.717, 1.165) is 174 Å². The zero-order valence-electron chi connectivity index (χ0n) is 83.9. The second-order valence-electron chi connectivity index (χ2n) is 31.8. The number of aryl methyl sites for hydroxylation is 15. The molecule has 20 aromatic rings. The lowest BCUT2D eigenvalue weighted by Gasteiger charge is -2.10. The van der Waals surface area contributed by atoms with Gasteiger partial charge in [-0.15, -0.1) is 0 Å². The van der Waals surface area contributed by atoms with Crippen LogP contribution in [-0.4, -0.2) is 19.9 Å². The van der Waals surface area contributed by atoms with Crippen LogP contribution in [0.15, 0.2) is 231 Å². The summed E-state index contributed by atoms with van der Waals surface area (Å²) >= 11 is 0. The Hall–Kier alpha value is -12.8. The van der Waals surface area contributed by atoms with Gasteiger partial charge in [0, 0.05) is 137 Å². The van der Waals surface area contributed by atoms with Crippen LogP contribution in [0.5, 0.6) is 0 Å². The molecule has 0 aliphatic heterocycles. The van der Waals surface area contributed by atoms with E-state index in [1.807, 2.05) is 187 Å². The van der Waals surface area contributed by atoms with Gasteiger partial charge in [0.2, 0.25) is 45.6 Å². The maximum Gasteiger partial charge on any atom is 0.228 e. The molecule has 0 atom stereocenters. The van der Waals surface area contributed by atoms with Crippen LogP contribution in [0, 0.1) is 87.7 Å². The van der Waals surface area contributed by atoms with Gasteiger partial charge in [0.15, 0.2) is 47.1 Å². The maximum atomic E-state index is 8.91. The first-order valence-corrected chi connectivity index (χ1v) is 39.8. The number of benzene rings is 8. The SMILES string of the molecule is [2H]C([2H])([2H])c1c[n+](C)c(-c2c(C)cc(C([2H])([2H])[2H])c3c2oc2nc(C)c4ccccc4c23)cc1C.[2H]C([2H])([2H])c1c[n+](C)c(-c2c(C)cc(C([2H])([2H])[2H])c3c2oc2ncc4ccccc4c23)cc1C.[2H]C([2H])(c1cc[n+](C)c(-c2c(C)ccc3c2oc2ncc4ccccc4c23)c1)C(C)C.[2H]C([2H])(c1cc[n+](C)c(-c2c(C)ccc3c2oc2ncc4ccccc4c23)c1)C1CCCC1. The number of aromatic nitrogens is 8. The summed E-state index contributed by atoms with van der Waals surface area (Å²) in [6.07, 6.45) is 14.0. The van der Waals surface area contributed by atoms with Crippen molar-refractivity contribution < 1.29 is 57.9 Å². The quantitative estimate of drug-likeness (QED) is 0.138. The molecule has 117 heavy (non-hydrogen) atoms. The maximum absolute atomic E-state index is 8.91. The molecule has 12 nitrogen and oxygen atoms in total. The summed E-state index contributed by atoms with van der Waals surface area (Å²) in [7, 11) is 7.56. The van der Waals surface area contributed by atoms with Gasteiger partial charge in [-0.25, -0.2) is 38.2 Å². The van der Waals surface area contributed by atoms with Crippen LogP contribution in [0.1, 0.15) is 134 Å². The van der Waals surface area contributed by atoms with E-state index in [1.54, 1.807) is 67.8 Å². The van der Waals surface area contributed by atoms with Crippen molar-refractivity contribution in [2.75, 3.05) is 0 Å². The van der Waals surface area contributed by atoms with E-state index in [9.17, 15) is 0 Å². The molecule has 0 N–H and O–H groups in total. The van der Waals surface area contributed by atoms with E-state index in [0.29, 0.717) is 77.8 Å². The Kier molecular flexibility index (Phi) is 15.2. The summed E-state index contributed by atoms with van der Waals surface area (Å²) in [6.45, 7) is 7.90. The number of hydrogen-bond acceptors (Lipinski definition) is 8. The summed E-state index contributed by atoms with van der Waals surface area (Å²) in [5, 5.41) is 14.5. The molecule has 1 aliphatic rings. The number of rotatable bonds is 8. The molecule has 0 saturated heterocycles. The van der Waals surface area contributed by atoms with Gasteiger partial charge in [-0.1, -0.05) is 173 Å². The van der Waals surface area contributed by atoms with Crippen LogP contribution in [0.3, 0.4) is 0 Å². The Morgan fingerprint density at radius 3 is 1.24 bits per heavy atom. The monoisotopic (exact) mass is 1550 g/mol. The second kappa shape index (κ2) is 30.1. The van der Waals surface area contributed by atoms with E-state index in [4.69, 9.17) is 39.6 Å². The van der Waals surface area contributed by atoms with Gasteiger partial charge in [0.1, 0.15) is 28.2 Å². The highest BCUT2D eigenvalue weighted by molar-refractivity contribution is 6.24. The smallest absolute Gasteiger partial charge is 0.228 e. The first kappa shape index (κ1) is 59.0.